The standard InChI is InChI=1S/C18H17N3O2/c22-16(19-12-11-14-7-3-1-4-8-14)13-17-20-21-18(23-17)15-9-5-2-6-10-15/h1-10H,11-13H2,(H,19,22). The molecule has 0 saturated heterocycles. The number of hydrogen-bond donors (Lipinski definition) is 1. The Labute approximate surface area is 134 Å². The van der Waals surface area contributed by atoms with Crippen LogP contribution in [0.4, 0.5) is 0 Å². The number of aromatic nitrogens is 2. The van der Waals surface area contributed by atoms with Crippen molar-refractivity contribution < 1.29 is 9.21 Å². The zero-order chi connectivity index (χ0) is 15.9. The van der Waals surface area contributed by atoms with E-state index in [1.165, 1.54) is 5.56 Å². The summed E-state index contributed by atoms with van der Waals surface area (Å²) in [5.41, 5.74) is 2.03. The van der Waals surface area contributed by atoms with Gasteiger partial charge in [0.2, 0.25) is 17.7 Å². The molecule has 1 heterocycles. The molecule has 0 fully saturated rings. The van der Waals surface area contributed by atoms with Gasteiger partial charge in [-0.05, 0) is 24.1 Å². The fourth-order valence-corrected chi connectivity index (χ4v) is 2.21. The van der Waals surface area contributed by atoms with Gasteiger partial charge in [-0.25, -0.2) is 0 Å². The maximum atomic E-state index is 11.9. The van der Waals surface area contributed by atoms with Crippen LogP contribution in [0.15, 0.2) is 65.1 Å². The van der Waals surface area contributed by atoms with Crippen molar-refractivity contribution in [3.05, 3.63) is 72.1 Å². The lowest BCUT2D eigenvalue weighted by molar-refractivity contribution is -0.120. The van der Waals surface area contributed by atoms with Gasteiger partial charge in [-0.15, -0.1) is 10.2 Å². The summed E-state index contributed by atoms with van der Waals surface area (Å²) in [5, 5.41) is 10.8. The van der Waals surface area contributed by atoms with Crippen molar-refractivity contribution in [2.75, 3.05) is 6.54 Å². The van der Waals surface area contributed by atoms with Crippen molar-refractivity contribution in [1.29, 1.82) is 0 Å². The van der Waals surface area contributed by atoms with Crippen LogP contribution >= 0.6 is 0 Å². The maximum Gasteiger partial charge on any atom is 0.247 e. The number of nitrogens with zero attached hydrogens (tertiary/aromatic N) is 2. The third-order valence-corrected chi connectivity index (χ3v) is 3.38. The van der Waals surface area contributed by atoms with Crippen LogP contribution in [0.2, 0.25) is 0 Å². The second kappa shape index (κ2) is 7.35. The Morgan fingerprint density at radius 1 is 0.957 bits per heavy atom. The molecule has 0 atom stereocenters. The van der Waals surface area contributed by atoms with Crippen LogP contribution in [-0.4, -0.2) is 22.6 Å². The Morgan fingerprint density at radius 3 is 2.39 bits per heavy atom. The second-order valence-electron chi connectivity index (χ2n) is 5.13. The lowest BCUT2D eigenvalue weighted by Crippen LogP contribution is -2.27. The van der Waals surface area contributed by atoms with E-state index in [-0.39, 0.29) is 12.3 Å². The summed E-state index contributed by atoms with van der Waals surface area (Å²) in [7, 11) is 0. The van der Waals surface area contributed by atoms with Crippen molar-refractivity contribution in [3.63, 3.8) is 0 Å². The zero-order valence-corrected chi connectivity index (χ0v) is 12.6. The van der Waals surface area contributed by atoms with E-state index in [1.807, 2.05) is 60.7 Å². The normalized spacial score (nSPS) is 10.4. The molecule has 0 bridgehead atoms. The molecule has 0 spiro atoms. The highest BCUT2D eigenvalue weighted by atomic mass is 16.4. The molecule has 1 aromatic heterocycles. The number of nitrogens with one attached hydrogen (secondary N) is 1. The molecule has 3 rings (SSSR count). The number of carbonyl (C=O) groups excluding carboxylic acids is 1. The number of amides is 1. The van der Waals surface area contributed by atoms with Crippen molar-refractivity contribution in [3.8, 4) is 11.5 Å². The highest BCUT2D eigenvalue weighted by molar-refractivity contribution is 5.77. The van der Waals surface area contributed by atoms with Crippen LogP contribution in [0.5, 0.6) is 0 Å². The van der Waals surface area contributed by atoms with E-state index in [0.29, 0.717) is 18.3 Å². The van der Waals surface area contributed by atoms with Gasteiger partial charge in [0.1, 0.15) is 6.42 Å². The molecule has 1 N–H and O–H groups in total. The first kappa shape index (κ1) is 15.0. The van der Waals surface area contributed by atoms with Gasteiger partial charge >= 0.3 is 0 Å². The summed E-state index contributed by atoms with van der Waals surface area (Å²) < 4.78 is 5.52. The van der Waals surface area contributed by atoms with Gasteiger partial charge < -0.3 is 9.73 Å². The number of hydrogen-bond acceptors (Lipinski definition) is 4. The molecule has 0 aliphatic carbocycles. The summed E-state index contributed by atoms with van der Waals surface area (Å²) in [4.78, 5) is 11.9. The average molecular weight is 307 g/mol. The van der Waals surface area contributed by atoms with Crippen LogP contribution in [-0.2, 0) is 17.6 Å². The largest absolute Gasteiger partial charge is 0.420 e. The lowest BCUT2D eigenvalue weighted by Gasteiger charge is -2.03. The summed E-state index contributed by atoms with van der Waals surface area (Å²) >= 11 is 0. The van der Waals surface area contributed by atoms with Crippen LogP contribution in [0.1, 0.15) is 11.5 Å². The Kier molecular flexibility index (Phi) is 4.79. The van der Waals surface area contributed by atoms with E-state index in [1.54, 1.807) is 0 Å². The fourth-order valence-electron chi connectivity index (χ4n) is 2.21. The molecule has 1 amide bonds. The van der Waals surface area contributed by atoms with Gasteiger partial charge in [-0.2, -0.15) is 0 Å². The first-order valence-electron chi connectivity index (χ1n) is 7.50. The molecule has 116 valence electrons. The molecule has 5 nitrogen and oxygen atoms in total. The molecule has 0 saturated carbocycles. The van der Waals surface area contributed by atoms with Gasteiger partial charge in [0.15, 0.2) is 0 Å². The zero-order valence-electron chi connectivity index (χ0n) is 12.6. The fraction of sp³-hybridized carbons (Fsp3) is 0.167. The monoisotopic (exact) mass is 307 g/mol. The van der Waals surface area contributed by atoms with Gasteiger partial charge in [0.25, 0.3) is 0 Å². The minimum atomic E-state index is -0.121. The Balaban J connectivity index is 1.49. The molecular weight excluding hydrogens is 290 g/mol. The van der Waals surface area contributed by atoms with Crippen LogP contribution in [0.25, 0.3) is 11.5 Å². The third kappa shape index (κ3) is 4.26. The molecule has 3 aromatic rings. The molecule has 23 heavy (non-hydrogen) atoms. The smallest absolute Gasteiger partial charge is 0.247 e. The van der Waals surface area contributed by atoms with E-state index in [2.05, 4.69) is 15.5 Å². The highest BCUT2D eigenvalue weighted by Crippen LogP contribution is 2.16. The SMILES string of the molecule is O=C(Cc1nnc(-c2ccccc2)o1)NCCc1ccccc1. The predicted molar refractivity (Wildman–Crippen MR) is 86.6 cm³/mol. The number of rotatable bonds is 6. The topological polar surface area (TPSA) is 68.0 Å². The average Bonchev–Trinajstić information content (AvgIpc) is 3.05. The van der Waals surface area contributed by atoms with Gasteiger partial charge in [0.05, 0.1) is 0 Å². The minimum absolute atomic E-state index is 0.0919. The van der Waals surface area contributed by atoms with E-state index < -0.39 is 0 Å². The van der Waals surface area contributed by atoms with Gasteiger partial charge in [0, 0.05) is 12.1 Å². The van der Waals surface area contributed by atoms with Crippen LogP contribution in [0, 0.1) is 0 Å². The van der Waals surface area contributed by atoms with E-state index >= 15 is 0 Å². The first-order chi connectivity index (χ1) is 11.3. The lowest BCUT2D eigenvalue weighted by atomic mass is 10.1. The van der Waals surface area contributed by atoms with E-state index in [9.17, 15) is 4.79 Å². The number of carbonyl (C=O) groups is 1. The van der Waals surface area contributed by atoms with Crippen molar-refractivity contribution in [1.82, 2.24) is 15.5 Å². The Bertz CT molecular complexity index is 754. The maximum absolute atomic E-state index is 11.9. The highest BCUT2D eigenvalue weighted by Gasteiger charge is 2.11. The van der Waals surface area contributed by atoms with Crippen LogP contribution < -0.4 is 5.32 Å². The summed E-state index contributed by atoms with van der Waals surface area (Å²) in [5.74, 6) is 0.628. The van der Waals surface area contributed by atoms with Crippen LogP contribution in [0.3, 0.4) is 0 Å². The molecule has 5 heteroatoms. The van der Waals surface area contributed by atoms with Crippen molar-refractivity contribution in [2.24, 2.45) is 0 Å². The first-order valence-corrected chi connectivity index (χ1v) is 7.50. The molecule has 0 aliphatic rings. The number of benzene rings is 2. The van der Waals surface area contributed by atoms with E-state index in [4.69, 9.17) is 4.42 Å². The molecule has 2 aromatic carbocycles. The minimum Gasteiger partial charge on any atom is -0.420 e. The predicted octanol–water partition coefficient (Wildman–Crippen LogP) is 2.64. The molecule has 0 aliphatic heterocycles. The molecule has 0 unspecified atom stereocenters. The van der Waals surface area contributed by atoms with Gasteiger partial charge in [-0.3, -0.25) is 4.79 Å². The Hall–Kier alpha value is -2.95. The summed E-state index contributed by atoms with van der Waals surface area (Å²) in [6.45, 7) is 0.586. The Morgan fingerprint density at radius 2 is 1.65 bits per heavy atom. The molecular formula is C18H17N3O2. The summed E-state index contributed by atoms with van der Waals surface area (Å²) in [6.07, 6.45) is 0.889. The summed E-state index contributed by atoms with van der Waals surface area (Å²) in [6, 6.07) is 19.5. The third-order valence-electron chi connectivity index (χ3n) is 3.38. The van der Waals surface area contributed by atoms with Crippen molar-refractivity contribution in [2.45, 2.75) is 12.8 Å². The molecule has 0 radical (unpaired) electrons. The quantitative estimate of drug-likeness (QED) is 0.760. The second-order valence-corrected chi connectivity index (χ2v) is 5.13. The van der Waals surface area contributed by atoms with E-state index in [0.717, 1.165) is 12.0 Å². The van der Waals surface area contributed by atoms with Gasteiger partial charge in [-0.1, -0.05) is 48.5 Å². The van der Waals surface area contributed by atoms with Crippen molar-refractivity contribution >= 4 is 5.91 Å².